The highest BCUT2D eigenvalue weighted by molar-refractivity contribution is 5.35. The normalized spacial score (nSPS) is 10.0. The molecule has 0 fully saturated rings. The molecule has 0 bridgehead atoms. The second-order valence-corrected chi connectivity index (χ2v) is 1.89. The Morgan fingerprint density at radius 2 is 2.44 bits per heavy atom. The first-order valence-corrected chi connectivity index (χ1v) is 2.71. The molecule has 0 aliphatic heterocycles. The number of imidazole rings is 1. The highest BCUT2D eigenvalue weighted by Gasteiger charge is 1.99. The van der Waals surface area contributed by atoms with E-state index in [0.29, 0.717) is 12.4 Å². The van der Waals surface area contributed by atoms with E-state index >= 15 is 0 Å². The number of nitrogens with two attached hydrogens (primary N) is 2. The summed E-state index contributed by atoms with van der Waals surface area (Å²) in [6.07, 6.45) is 1.65. The predicted molar refractivity (Wildman–Crippen MR) is 35.5 cm³/mol. The summed E-state index contributed by atoms with van der Waals surface area (Å²) in [6.45, 7) is 0.409. The molecule has 9 heavy (non-hydrogen) atoms. The van der Waals surface area contributed by atoms with Gasteiger partial charge in [-0.2, -0.15) is 0 Å². The smallest absolute Gasteiger partial charge is 0.127 e. The summed E-state index contributed by atoms with van der Waals surface area (Å²) in [4.78, 5) is 3.95. The van der Waals surface area contributed by atoms with Crippen LogP contribution in [0, 0.1) is 0 Å². The van der Waals surface area contributed by atoms with E-state index < -0.39 is 0 Å². The van der Waals surface area contributed by atoms with Crippen molar-refractivity contribution in [3.8, 4) is 0 Å². The van der Waals surface area contributed by atoms with Crippen LogP contribution >= 0.6 is 0 Å². The van der Waals surface area contributed by atoms with Gasteiger partial charge in [-0.05, 0) is 0 Å². The Morgan fingerprint density at radius 1 is 1.78 bits per heavy atom. The van der Waals surface area contributed by atoms with Gasteiger partial charge in [-0.3, -0.25) is 0 Å². The first-order valence-electron chi connectivity index (χ1n) is 2.71. The Kier molecular flexibility index (Phi) is 1.40. The zero-order valence-electron chi connectivity index (χ0n) is 5.33. The van der Waals surface area contributed by atoms with Gasteiger partial charge in [0.1, 0.15) is 5.82 Å². The van der Waals surface area contributed by atoms with Crippen LogP contribution in [0.2, 0.25) is 0 Å². The second kappa shape index (κ2) is 2.06. The number of anilines is 1. The van der Waals surface area contributed by atoms with Crippen molar-refractivity contribution < 1.29 is 0 Å². The van der Waals surface area contributed by atoms with E-state index in [9.17, 15) is 0 Å². The summed E-state index contributed by atoms with van der Waals surface area (Å²) in [5.41, 5.74) is 11.6. The van der Waals surface area contributed by atoms with Crippen LogP contribution in [0.3, 0.4) is 0 Å². The van der Waals surface area contributed by atoms with Crippen molar-refractivity contribution in [2.75, 3.05) is 5.73 Å². The van der Waals surface area contributed by atoms with E-state index in [0.717, 1.165) is 5.69 Å². The van der Waals surface area contributed by atoms with Crippen LogP contribution in [-0.4, -0.2) is 9.55 Å². The predicted octanol–water partition coefficient (Wildman–Crippen LogP) is -0.539. The van der Waals surface area contributed by atoms with Crippen LogP contribution in [0.25, 0.3) is 0 Å². The molecule has 0 spiro atoms. The molecule has 0 atom stereocenters. The lowest BCUT2D eigenvalue weighted by Crippen LogP contribution is -2.02. The maximum absolute atomic E-state index is 5.53. The summed E-state index contributed by atoms with van der Waals surface area (Å²) in [6, 6.07) is 0. The van der Waals surface area contributed by atoms with Gasteiger partial charge in [0.15, 0.2) is 0 Å². The molecule has 4 N–H and O–H groups in total. The van der Waals surface area contributed by atoms with Crippen LogP contribution in [0.5, 0.6) is 0 Å². The molecule has 0 aliphatic rings. The van der Waals surface area contributed by atoms with Crippen molar-refractivity contribution in [2.24, 2.45) is 12.8 Å². The van der Waals surface area contributed by atoms with E-state index in [1.165, 1.54) is 0 Å². The number of rotatable bonds is 1. The number of hydrogen-bond donors (Lipinski definition) is 2. The fourth-order valence-corrected chi connectivity index (χ4v) is 0.645. The molecule has 1 aromatic heterocycles. The van der Waals surface area contributed by atoms with Crippen LogP contribution in [0.1, 0.15) is 5.69 Å². The third kappa shape index (κ3) is 0.882. The Morgan fingerprint density at radius 3 is 2.67 bits per heavy atom. The third-order valence-corrected chi connectivity index (χ3v) is 1.26. The molecule has 1 heterocycles. The minimum absolute atomic E-state index is 0.409. The van der Waals surface area contributed by atoms with E-state index in [1.807, 2.05) is 7.05 Å². The first kappa shape index (κ1) is 6.10. The molecule has 0 saturated carbocycles. The molecule has 50 valence electrons. The largest absolute Gasteiger partial charge is 0.384 e. The molecular weight excluding hydrogens is 116 g/mol. The van der Waals surface area contributed by atoms with Gasteiger partial charge in [0.2, 0.25) is 0 Å². The Labute approximate surface area is 53.5 Å². The molecule has 0 aromatic carbocycles. The summed E-state index contributed by atoms with van der Waals surface area (Å²) in [5.74, 6) is 0.650. The number of nitrogens with zero attached hydrogens (tertiary/aromatic N) is 2. The molecular formula is C5H10N4. The summed E-state index contributed by atoms with van der Waals surface area (Å²) >= 11 is 0. The van der Waals surface area contributed by atoms with Gasteiger partial charge in [0.05, 0.1) is 12.0 Å². The van der Waals surface area contributed by atoms with Gasteiger partial charge in [-0.15, -0.1) is 0 Å². The Bertz CT molecular complexity index is 203. The molecule has 1 aromatic rings. The zero-order valence-corrected chi connectivity index (χ0v) is 5.33. The maximum atomic E-state index is 5.53. The summed E-state index contributed by atoms with van der Waals surface area (Å²) in [7, 11) is 1.83. The molecule has 0 saturated heterocycles. The molecule has 4 heteroatoms. The maximum Gasteiger partial charge on any atom is 0.127 e. The highest BCUT2D eigenvalue weighted by Crippen LogP contribution is 2.05. The first-order chi connectivity index (χ1) is 4.25. The lowest BCUT2D eigenvalue weighted by atomic mass is 10.4. The average Bonchev–Trinajstić information content (AvgIpc) is 2.15. The SMILES string of the molecule is Cn1cnc(CN)c1N. The van der Waals surface area contributed by atoms with Gasteiger partial charge >= 0.3 is 0 Å². The minimum atomic E-state index is 0.409. The molecule has 0 unspecified atom stereocenters. The number of aryl methyl sites for hydroxylation is 1. The van der Waals surface area contributed by atoms with Gasteiger partial charge in [0.25, 0.3) is 0 Å². The summed E-state index contributed by atoms with van der Waals surface area (Å²) in [5, 5.41) is 0. The number of nitrogen functional groups attached to an aromatic ring is 1. The minimum Gasteiger partial charge on any atom is -0.384 e. The molecule has 0 aliphatic carbocycles. The van der Waals surface area contributed by atoms with E-state index in [1.54, 1.807) is 10.9 Å². The van der Waals surface area contributed by atoms with E-state index in [-0.39, 0.29) is 0 Å². The molecule has 0 radical (unpaired) electrons. The van der Waals surface area contributed by atoms with Crippen LogP contribution < -0.4 is 11.5 Å². The van der Waals surface area contributed by atoms with Crippen molar-refractivity contribution in [3.05, 3.63) is 12.0 Å². The fraction of sp³-hybridized carbons (Fsp3) is 0.400. The number of aromatic nitrogens is 2. The van der Waals surface area contributed by atoms with Crippen molar-refractivity contribution in [3.63, 3.8) is 0 Å². The summed E-state index contributed by atoms with van der Waals surface area (Å²) < 4.78 is 1.74. The topological polar surface area (TPSA) is 69.9 Å². The van der Waals surface area contributed by atoms with Crippen LogP contribution in [0.15, 0.2) is 6.33 Å². The number of hydrogen-bond acceptors (Lipinski definition) is 3. The van der Waals surface area contributed by atoms with Gasteiger partial charge in [0, 0.05) is 13.6 Å². The van der Waals surface area contributed by atoms with Crippen molar-refractivity contribution in [2.45, 2.75) is 6.54 Å². The monoisotopic (exact) mass is 126 g/mol. The zero-order chi connectivity index (χ0) is 6.85. The second-order valence-electron chi connectivity index (χ2n) is 1.89. The molecule has 1 rings (SSSR count). The molecule has 4 nitrogen and oxygen atoms in total. The van der Waals surface area contributed by atoms with Crippen molar-refractivity contribution >= 4 is 5.82 Å². The van der Waals surface area contributed by atoms with Gasteiger partial charge in [-0.25, -0.2) is 4.98 Å². The van der Waals surface area contributed by atoms with E-state index in [2.05, 4.69) is 4.98 Å². The average molecular weight is 126 g/mol. The standard InChI is InChI=1S/C5H10N4/c1-9-3-8-4(2-6)5(9)7/h3H,2,6-7H2,1H3. The lowest BCUT2D eigenvalue weighted by molar-refractivity contribution is 0.924. The Hall–Kier alpha value is -1.03. The van der Waals surface area contributed by atoms with Crippen LogP contribution in [0.4, 0.5) is 5.82 Å². The molecule has 0 amide bonds. The van der Waals surface area contributed by atoms with Gasteiger partial charge < -0.3 is 16.0 Å². The van der Waals surface area contributed by atoms with Crippen molar-refractivity contribution in [1.29, 1.82) is 0 Å². The van der Waals surface area contributed by atoms with Crippen molar-refractivity contribution in [1.82, 2.24) is 9.55 Å². The third-order valence-electron chi connectivity index (χ3n) is 1.26. The fourth-order valence-electron chi connectivity index (χ4n) is 0.645. The van der Waals surface area contributed by atoms with Gasteiger partial charge in [-0.1, -0.05) is 0 Å². The quantitative estimate of drug-likeness (QED) is 0.531. The van der Waals surface area contributed by atoms with Crippen LogP contribution in [-0.2, 0) is 13.6 Å². The lowest BCUT2D eigenvalue weighted by Gasteiger charge is -1.93. The highest BCUT2D eigenvalue weighted by atomic mass is 15.1. The Balaban J connectivity index is 3.04. The van der Waals surface area contributed by atoms with E-state index in [4.69, 9.17) is 11.5 Å².